The number of benzene rings is 1. The average Bonchev–Trinajstić information content (AvgIpc) is 3.06. The number of nitrogens with one attached hydrogen (secondary N) is 1. The molecule has 30 heavy (non-hydrogen) atoms. The first-order chi connectivity index (χ1) is 14.4. The number of carbonyl (C=O) groups is 1. The van der Waals surface area contributed by atoms with Crippen molar-refractivity contribution in [2.75, 3.05) is 0 Å². The van der Waals surface area contributed by atoms with Gasteiger partial charge in [-0.3, -0.25) is 4.79 Å². The third-order valence-electron chi connectivity index (χ3n) is 10.2. The molecule has 0 radical (unpaired) electrons. The molecule has 3 aliphatic carbocycles. The standard InChI is InChI=1S/C27H38ClNO/c1-26-16-14-23-21(11-13-24-27(23,2)17-15-25(30)29-24)22(26)12-8-19(26)5-3-4-18-6-9-20(28)10-7-18/h6-7,9-10,19,21-24H,3-5,8,11-17H2,1-2H3,(H,29,30)/t19?,21-,22-,23+,24?,26+,27+/m0/s1. The van der Waals surface area contributed by atoms with Crippen LogP contribution in [0.5, 0.6) is 0 Å². The van der Waals surface area contributed by atoms with Crippen molar-refractivity contribution < 1.29 is 4.79 Å². The van der Waals surface area contributed by atoms with Crippen LogP contribution in [0.25, 0.3) is 0 Å². The van der Waals surface area contributed by atoms with E-state index in [9.17, 15) is 4.79 Å². The molecule has 3 heteroatoms. The Morgan fingerprint density at radius 2 is 1.73 bits per heavy atom. The van der Waals surface area contributed by atoms with Gasteiger partial charge in [-0.2, -0.15) is 0 Å². The normalized spacial score (nSPS) is 42.8. The van der Waals surface area contributed by atoms with Gasteiger partial charge in [-0.1, -0.05) is 37.6 Å². The molecule has 1 N–H and O–H groups in total. The quantitative estimate of drug-likeness (QED) is 0.562. The first-order valence-corrected chi connectivity index (χ1v) is 12.8. The average molecular weight is 428 g/mol. The van der Waals surface area contributed by atoms with E-state index in [1.807, 2.05) is 12.1 Å². The molecule has 4 aliphatic rings. The monoisotopic (exact) mass is 427 g/mol. The molecule has 0 aromatic heterocycles. The van der Waals surface area contributed by atoms with Crippen LogP contribution in [0.3, 0.4) is 0 Å². The van der Waals surface area contributed by atoms with Crippen LogP contribution in [0.15, 0.2) is 24.3 Å². The van der Waals surface area contributed by atoms with Gasteiger partial charge < -0.3 is 5.32 Å². The summed E-state index contributed by atoms with van der Waals surface area (Å²) in [6, 6.07) is 8.86. The van der Waals surface area contributed by atoms with Crippen LogP contribution in [-0.2, 0) is 11.2 Å². The number of hydrogen-bond donors (Lipinski definition) is 1. The Bertz CT molecular complexity index is 791. The van der Waals surface area contributed by atoms with Crippen LogP contribution in [0.4, 0.5) is 0 Å². The number of piperidine rings is 1. The lowest BCUT2D eigenvalue weighted by molar-refractivity contribution is -0.136. The predicted octanol–water partition coefficient (Wildman–Crippen LogP) is 6.80. The van der Waals surface area contributed by atoms with Crippen LogP contribution >= 0.6 is 11.6 Å². The van der Waals surface area contributed by atoms with E-state index in [-0.39, 0.29) is 5.91 Å². The first-order valence-electron chi connectivity index (χ1n) is 12.4. The van der Waals surface area contributed by atoms with Crippen LogP contribution < -0.4 is 5.32 Å². The number of hydrogen-bond acceptors (Lipinski definition) is 1. The summed E-state index contributed by atoms with van der Waals surface area (Å²) >= 11 is 6.04. The molecule has 5 rings (SSSR count). The largest absolute Gasteiger partial charge is 0.353 e. The lowest BCUT2D eigenvalue weighted by Gasteiger charge is -2.60. The number of rotatable bonds is 4. The highest BCUT2D eigenvalue weighted by atomic mass is 35.5. The predicted molar refractivity (Wildman–Crippen MR) is 123 cm³/mol. The lowest BCUT2D eigenvalue weighted by Crippen LogP contribution is -2.61. The van der Waals surface area contributed by atoms with Crippen molar-refractivity contribution in [1.29, 1.82) is 0 Å². The minimum Gasteiger partial charge on any atom is -0.353 e. The van der Waals surface area contributed by atoms with Gasteiger partial charge in [-0.05, 0) is 116 Å². The molecule has 1 saturated heterocycles. The summed E-state index contributed by atoms with van der Waals surface area (Å²) in [5, 5.41) is 4.21. The molecular weight excluding hydrogens is 390 g/mol. The maximum Gasteiger partial charge on any atom is 0.220 e. The third-order valence-corrected chi connectivity index (χ3v) is 10.5. The maximum absolute atomic E-state index is 12.0. The minimum absolute atomic E-state index is 0.290. The highest BCUT2D eigenvalue weighted by Gasteiger charge is 2.59. The fourth-order valence-electron chi connectivity index (χ4n) is 8.49. The van der Waals surface area contributed by atoms with Crippen molar-refractivity contribution in [3.05, 3.63) is 34.9 Å². The zero-order valence-corrected chi connectivity index (χ0v) is 19.5. The molecule has 4 fully saturated rings. The summed E-state index contributed by atoms with van der Waals surface area (Å²) in [6.07, 6.45) is 13.9. The van der Waals surface area contributed by atoms with E-state index in [2.05, 4.69) is 31.3 Å². The van der Waals surface area contributed by atoms with Crippen molar-refractivity contribution in [2.24, 2.45) is 34.5 Å². The molecule has 164 valence electrons. The van der Waals surface area contributed by atoms with E-state index in [1.165, 1.54) is 63.4 Å². The minimum atomic E-state index is 0.290. The molecule has 2 nitrogen and oxygen atoms in total. The molecule has 1 heterocycles. The molecule has 1 aromatic rings. The Morgan fingerprint density at radius 3 is 2.53 bits per heavy atom. The summed E-state index contributed by atoms with van der Waals surface area (Å²) in [5.74, 6) is 3.81. The number of aryl methyl sites for hydroxylation is 1. The summed E-state index contributed by atoms with van der Waals surface area (Å²) in [7, 11) is 0. The third kappa shape index (κ3) is 3.42. The van der Waals surface area contributed by atoms with Gasteiger partial charge >= 0.3 is 0 Å². The van der Waals surface area contributed by atoms with Crippen LogP contribution in [0, 0.1) is 34.5 Å². The zero-order chi connectivity index (χ0) is 20.9. The van der Waals surface area contributed by atoms with Crippen molar-refractivity contribution in [3.63, 3.8) is 0 Å². The van der Waals surface area contributed by atoms with E-state index in [4.69, 9.17) is 11.6 Å². The number of amides is 1. The van der Waals surface area contributed by atoms with Gasteiger partial charge in [0.25, 0.3) is 0 Å². The summed E-state index contributed by atoms with van der Waals surface area (Å²) < 4.78 is 0. The molecule has 7 atom stereocenters. The Kier molecular flexibility index (Phi) is 5.45. The Morgan fingerprint density at radius 1 is 0.967 bits per heavy atom. The van der Waals surface area contributed by atoms with E-state index >= 15 is 0 Å². The van der Waals surface area contributed by atoms with Gasteiger partial charge in [0, 0.05) is 17.5 Å². The topological polar surface area (TPSA) is 29.1 Å². The van der Waals surface area contributed by atoms with Gasteiger partial charge in [0.1, 0.15) is 0 Å². The van der Waals surface area contributed by atoms with Crippen LogP contribution in [0.2, 0.25) is 5.02 Å². The molecule has 0 spiro atoms. The summed E-state index contributed by atoms with van der Waals surface area (Å²) in [5.41, 5.74) is 2.31. The fourth-order valence-corrected chi connectivity index (χ4v) is 8.61. The maximum atomic E-state index is 12.0. The van der Waals surface area contributed by atoms with E-state index in [0.717, 1.165) is 41.5 Å². The lowest BCUT2D eigenvalue weighted by atomic mass is 9.47. The van der Waals surface area contributed by atoms with Gasteiger partial charge in [0.15, 0.2) is 0 Å². The number of carbonyl (C=O) groups excluding carboxylic acids is 1. The molecule has 1 amide bonds. The van der Waals surface area contributed by atoms with Crippen LogP contribution in [-0.4, -0.2) is 11.9 Å². The van der Waals surface area contributed by atoms with Gasteiger partial charge in [-0.15, -0.1) is 0 Å². The molecule has 2 unspecified atom stereocenters. The van der Waals surface area contributed by atoms with Crippen molar-refractivity contribution in [2.45, 2.75) is 90.5 Å². The van der Waals surface area contributed by atoms with E-state index in [0.29, 0.717) is 16.9 Å². The second kappa shape index (κ2) is 7.84. The molecule has 1 aromatic carbocycles. The van der Waals surface area contributed by atoms with E-state index < -0.39 is 0 Å². The SMILES string of the molecule is C[C@]12CCC(=O)NC1CC[C@@H]1[C@H]2CC[C@]2(C)C(CCCc3ccc(Cl)cc3)CC[C@@H]12. The Hall–Kier alpha value is -1.02. The zero-order valence-electron chi connectivity index (χ0n) is 18.8. The molecular formula is C27H38ClNO. The highest BCUT2D eigenvalue weighted by molar-refractivity contribution is 6.30. The van der Waals surface area contributed by atoms with Crippen molar-refractivity contribution >= 4 is 17.5 Å². The van der Waals surface area contributed by atoms with Crippen molar-refractivity contribution in [1.82, 2.24) is 5.32 Å². The van der Waals surface area contributed by atoms with Crippen LogP contribution in [0.1, 0.15) is 83.6 Å². The van der Waals surface area contributed by atoms with Gasteiger partial charge in [0.2, 0.25) is 5.91 Å². The van der Waals surface area contributed by atoms with Gasteiger partial charge in [-0.25, -0.2) is 0 Å². The summed E-state index contributed by atoms with van der Waals surface area (Å²) in [4.78, 5) is 12.0. The Labute approximate surface area is 187 Å². The molecule has 3 saturated carbocycles. The van der Waals surface area contributed by atoms with E-state index in [1.54, 1.807) is 0 Å². The first kappa shape index (κ1) is 20.9. The summed E-state index contributed by atoms with van der Waals surface area (Å²) in [6.45, 7) is 5.15. The number of halogens is 1. The Balaban J connectivity index is 1.25. The van der Waals surface area contributed by atoms with Gasteiger partial charge in [0.05, 0.1) is 0 Å². The smallest absolute Gasteiger partial charge is 0.220 e. The molecule has 0 bridgehead atoms. The number of fused-ring (bicyclic) bond motifs is 5. The second-order valence-corrected chi connectivity index (χ2v) is 11.9. The highest BCUT2D eigenvalue weighted by Crippen LogP contribution is 2.66. The fraction of sp³-hybridized carbons (Fsp3) is 0.741. The van der Waals surface area contributed by atoms with Crippen molar-refractivity contribution in [3.8, 4) is 0 Å². The molecule has 1 aliphatic heterocycles. The second-order valence-electron chi connectivity index (χ2n) is 11.4.